The van der Waals surface area contributed by atoms with Gasteiger partial charge in [-0.05, 0) is 0 Å². The number of hydrogen-bond acceptors (Lipinski definition) is 4. The number of nitroso groups, excluding NO2 is 1. The molecule has 0 radical (unpaired) electrons. The summed E-state index contributed by atoms with van der Waals surface area (Å²) in [5.74, 6) is -0.527. The van der Waals surface area contributed by atoms with Gasteiger partial charge in [0.1, 0.15) is 0 Å². The normalized spacial score (nSPS) is 8.20. The maximum atomic E-state index is 10.5. The van der Waals surface area contributed by atoms with E-state index in [0.29, 0.717) is 5.01 Å². The van der Waals surface area contributed by atoms with Crippen LogP contribution in [0.25, 0.3) is 0 Å². The van der Waals surface area contributed by atoms with Crippen LogP contribution in [-0.4, -0.2) is 24.0 Å². The van der Waals surface area contributed by atoms with E-state index in [9.17, 15) is 14.5 Å². The molecule has 0 aromatic heterocycles. The Balaban J connectivity index is 3.84. The number of amides is 3. The molecule has 0 saturated heterocycles. The van der Waals surface area contributed by atoms with Crippen molar-refractivity contribution >= 4 is 11.9 Å². The highest BCUT2D eigenvalue weighted by Gasteiger charge is 2.08. The fraction of sp³-hybridized carbons (Fsp3) is 0.500. The van der Waals surface area contributed by atoms with E-state index >= 15 is 0 Å². The van der Waals surface area contributed by atoms with Crippen molar-refractivity contribution in [2.24, 2.45) is 5.29 Å². The lowest BCUT2D eigenvalue weighted by molar-refractivity contribution is -0.118. The molecule has 0 unspecified atom stereocenters. The number of imide groups is 1. The molecule has 6 heteroatoms. The minimum absolute atomic E-state index is 0.487. The molecule has 0 aromatic carbocycles. The van der Waals surface area contributed by atoms with Crippen LogP contribution >= 0.6 is 0 Å². The maximum Gasteiger partial charge on any atom is 0.346 e. The number of urea groups is 1. The third kappa shape index (κ3) is 2.75. The molecule has 10 heavy (non-hydrogen) atoms. The molecule has 0 fully saturated rings. The second-order valence-corrected chi connectivity index (χ2v) is 1.59. The van der Waals surface area contributed by atoms with Gasteiger partial charge >= 0.3 is 6.03 Å². The summed E-state index contributed by atoms with van der Waals surface area (Å²) in [5, 5.41) is 4.60. The van der Waals surface area contributed by atoms with Gasteiger partial charge in [-0.3, -0.25) is 10.1 Å². The van der Waals surface area contributed by atoms with Crippen LogP contribution in [0.1, 0.15) is 6.92 Å². The highest BCUT2D eigenvalue weighted by molar-refractivity contribution is 5.92. The fourth-order valence-electron chi connectivity index (χ4n) is 0.269. The van der Waals surface area contributed by atoms with E-state index in [1.807, 2.05) is 5.32 Å². The van der Waals surface area contributed by atoms with Gasteiger partial charge in [-0.15, -0.1) is 4.91 Å². The SMILES string of the molecule is CC(=O)NC(=O)N(C)N=O. The number of carbonyl (C=O) groups is 2. The summed E-state index contributed by atoms with van der Waals surface area (Å²) in [5.41, 5.74) is 0. The van der Waals surface area contributed by atoms with E-state index in [0.717, 1.165) is 14.0 Å². The minimum Gasteiger partial charge on any atom is -0.277 e. The zero-order chi connectivity index (χ0) is 8.15. The summed E-state index contributed by atoms with van der Waals surface area (Å²) in [7, 11) is 1.14. The van der Waals surface area contributed by atoms with Gasteiger partial charge in [0.05, 0.1) is 5.29 Å². The van der Waals surface area contributed by atoms with Gasteiger partial charge in [0, 0.05) is 14.0 Å². The molecule has 0 rings (SSSR count). The van der Waals surface area contributed by atoms with Crippen molar-refractivity contribution in [1.82, 2.24) is 10.3 Å². The third-order valence-corrected chi connectivity index (χ3v) is 0.699. The molecule has 56 valence electrons. The van der Waals surface area contributed by atoms with Crippen LogP contribution in [0.2, 0.25) is 0 Å². The molecule has 0 aliphatic carbocycles. The summed E-state index contributed by atoms with van der Waals surface area (Å²) in [6, 6.07) is -0.831. The zero-order valence-electron chi connectivity index (χ0n) is 5.62. The number of rotatable bonds is 1. The molecule has 1 N–H and O–H groups in total. The second-order valence-electron chi connectivity index (χ2n) is 1.59. The molecule has 6 nitrogen and oxygen atoms in total. The van der Waals surface area contributed by atoms with Gasteiger partial charge in [-0.25, -0.2) is 4.79 Å². The van der Waals surface area contributed by atoms with Crippen LogP contribution in [0.15, 0.2) is 5.29 Å². The summed E-state index contributed by atoms with van der Waals surface area (Å²) in [4.78, 5) is 30.3. The topological polar surface area (TPSA) is 78.8 Å². The van der Waals surface area contributed by atoms with Crippen molar-refractivity contribution in [3.8, 4) is 0 Å². The van der Waals surface area contributed by atoms with Crippen molar-refractivity contribution < 1.29 is 9.59 Å². The van der Waals surface area contributed by atoms with Crippen molar-refractivity contribution in [3.63, 3.8) is 0 Å². The van der Waals surface area contributed by atoms with Gasteiger partial charge in [0.2, 0.25) is 5.91 Å². The second kappa shape index (κ2) is 3.54. The highest BCUT2D eigenvalue weighted by atomic mass is 16.3. The Morgan fingerprint density at radius 2 is 2.00 bits per heavy atom. The number of hydrogen-bond donors (Lipinski definition) is 1. The first kappa shape index (κ1) is 8.54. The number of nitrogens with zero attached hydrogens (tertiary/aromatic N) is 2. The van der Waals surface area contributed by atoms with Crippen LogP contribution in [-0.2, 0) is 4.79 Å². The minimum atomic E-state index is -0.831. The molecule has 0 heterocycles. The molecular formula is C4H7N3O3. The Morgan fingerprint density at radius 1 is 1.50 bits per heavy atom. The lowest BCUT2D eigenvalue weighted by Crippen LogP contribution is -2.36. The molecule has 3 amide bonds. The van der Waals surface area contributed by atoms with E-state index < -0.39 is 11.9 Å². The van der Waals surface area contributed by atoms with Crippen LogP contribution in [0, 0.1) is 4.91 Å². The van der Waals surface area contributed by atoms with Gasteiger partial charge in [0.15, 0.2) is 0 Å². The first-order chi connectivity index (χ1) is 4.57. The van der Waals surface area contributed by atoms with E-state index in [1.54, 1.807) is 0 Å². The standard InChI is InChI=1S/C4H7N3O3/c1-3(8)5-4(9)7(2)6-10/h1-2H3,(H,5,8,9). The average Bonchev–Trinajstić information content (AvgIpc) is 1.85. The smallest absolute Gasteiger partial charge is 0.277 e. The highest BCUT2D eigenvalue weighted by Crippen LogP contribution is 1.81. The largest absolute Gasteiger partial charge is 0.346 e. The molecule has 0 saturated carbocycles. The van der Waals surface area contributed by atoms with E-state index in [4.69, 9.17) is 0 Å². The van der Waals surface area contributed by atoms with Gasteiger partial charge in [-0.1, -0.05) is 0 Å². The van der Waals surface area contributed by atoms with Crippen molar-refractivity contribution in [2.45, 2.75) is 6.92 Å². The number of nitrogens with one attached hydrogen (secondary N) is 1. The van der Waals surface area contributed by atoms with Gasteiger partial charge in [0.25, 0.3) is 0 Å². The fourth-order valence-corrected chi connectivity index (χ4v) is 0.269. The summed E-state index contributed by atoms with van der Waals surface area (Å²) < 4.78 is 0. The Kier molecular flexibility index (Phi) is 3.03. The Hall–Kier alpha value is -1.46. The average molecular weight is 145 g/mol. The molecule has 0 bridgehead atoms. The first-order valence-corrected chi connectivity index (χ1v) is 2.46. The van der Waals surface area contributed by atoms with E-state index in [-0.39, 0.29) is 0 Å². The number of carbonyl (C=O) groups excluding carboxylic acids is 2. The third-order valence-electron chi connectivity index (χ3n) is 0.699. The Bertz CT molecular complexity index is 167. The van der Waals surface area contributed by atoms with Crippen molar-refractivity contribution in [2.75, 3.05) is 7.05 Å². The first-order valence-electron chi connectivity index (χ1n) is 2.46. The molecule has 0 spiro atoms. The molecule has 0 aliphatic heterocycles. The van der Waals surface area contributed by atoms with Crippen molar-refractivity contribution in [1.29, 1.82) is 0 Å². The van der Waals surface area contributed by atoms with E-state index in [1.165, 1.54) is 0 Å². The summed E-state index contributed by atoms with van der Waals surface area (Å²) >= 11 is 0. The molecule has 0 aliphatic rings. The maximum absolute atomic E-state index is 10.5. The molecule has 0 atom stereocenters. The summed E-state index contributed by atoms with van der Waals surface area (Å²) in [6.07, 6.45) is 0. The van der Waals surface area contributed by atoms with Crippen LogP contribution in [0.3, 0.4) is 0 Å². The van der Waals surface area contributed by atoms with Crippen LogP contribution < -0.4 is 5.32 Å². The predicted molar refractivity (Wildman–Crippen MR) is 32.8 cm³/mol. The van der Waals surface area contributed by atoms with Gasteiger partial charge < -0.3 is 0 Å². The zero-order valence-corrected chi connectivity index (χ0v) is 5.62. The van der Waals surface area contributed by atoms with Gasteiger partial charge in [-0.2, -0.15) is 5.01 Å². The molecular weight excluding hydrogens is 138 g/mol. The van der Waals surface area contributed by atoms with E-state index in [2.05, 4.69) is 5.29 Å². The molecule has 0 aromatic rings. The Labute approximate surface area is 57.1 Å². The quantitative estimate of drug-likeness (QED) is 0.411. The van der Waals surface area contributed by atoms with Crippen LogP contribution in [0.5, 0.6) is 0 Å². The van der Waals surface area contributed by atoms with Crippen LogP contribution in [0.4, 0.5) is 4.79 Å². The summed E-state index contributed by atoms with van der Waals surface area (Å²) in [6.45, 7) is 1.16. The lowest BCUT2D eigenvalue weighted by atomic mass is 10.7. The Morgan fingerprint density at radius 3 is 2.30 bits per heavy atom. The van der Waals surface area contributed by atoms with Crippen molar-refractivity contribution in [3.05, 3.63) is 4.91 Å². The predicted octanol–water partition coefficient (Wildman–Crippen LogP) is -0.144. The monoisotopic (exact) mass is 145 g/mol. The lowest BCUT2D eigenvalue weighted by Gasteiger charge is -2.04.